The van der Waals surface area contributed by atoms with Gasteiger partial charge in [0.25, 0.3) is 0 Å². The van der Waals surface area contributed by atoms with Crippen LogP contribution in [0.1, 0.15) is 32.8 Å². The zero-order valence-corrected chi connectivity index (χ0v) is 17.6. The van der Waals surface area contributed by atoms with Crippen molar-refractivity contribution in [2.45, 2.75) is 39.7 Å². The first-order valence-electron chi connectivity index (χ1n) is 9.22. The van der Waals surface area contributed by atoms with Gasteiger partial charge in [0.15, 0.2) is 17.4 Å². The molecule has 3 nitrogen and oxygen atoms in total. The molecular weight excluding hydrogens is 381 g/mol. The molecule has 0 amide bonds. The van der Waals surface area contributed by atoms with Crippen LogP contribution in [0.2, 0.25) is 0 Å². The minimum Gasteiger partial charge on any atom is -0.505 e. The number of methoxy groups -OCH3 is 1. The van der Waals surface area contributed by atoms with E-state index in [1.54, 1.807) is 6.08 Å². The fourth-order valence-corrected chi connectivity index (χ4v) is 2.11. The second kappa shape index (κ2) is 13.7. The smallest absolute Gasteiger partial charge is 0.200 e. The fraction of sp³-hybridized carbons (Fsp3) is 0.391. The summed E-state index contributed by atoms with van der Waals surface area (Å²) in [4.78, 5) is 0. The number of phenolic OH excluding ortho intramolecular Hbond substituents is 1. The summed E-state index contributed by atoms with van der Waals surface area (Å²) in [6.07, 6.45) is 3.51. The summed E-state index contributed by atoms with van der Waals surface area (Å²) >= 11 is 0. The van der Waals surface area contributed by atoms with Crippen molar-refractivity contribution >= 4 is 0 Å². The van der Waals surface area contributed by atoms with Crippen LogP contribution in [0.3, 0.4) is 0 Å². The van der Waals surface area contributed by atoms with Gasteiger partial charge in [-0.05, 0) is 50.0 Å². The Hall–Kier alpha value is -2.47. The molecule has 2 unspecified atom stereocenters. The zero-order valence-electron chi connectivity index (χ0n) is 17.6. The third-order valence-corrected chi connectivity index (χ3v) is 4.05. The largest absolute Gasteiger partial charge is 0.505 e. The molecule has 1 aromatic rings. The van der Waals surface area contributed by atoms with Crippen LogP contribution >= 0.6 is 0 Å². The molecule has 0 spiro atoms. The molecule has 0 aliphatic heterocycles. The summed E-state index contributed by atoms with van der Waals surface area (Å²) in [5.41, 5.74) is 0.704. The van der Waals surface area contributed by atoms with Gasteiger partial charge in [0.1, 0.15) is 5.76 Å². The molecule has 0 saturated carbocycles. The Morgan fingerprint density at radius 3 is 2.34 bits per heavy atom. The van der Waals surface area contributed by atoms with E-state index in [4.69, 9.17) is 14.6 Å². The minimum atomic E-state index is -1.24. The van der Waals surface area contributed by atoms with Gasteiger partial charge < -0.3 is 14.6 Å². The van der Waals surface area contributed by atoms with Crippen molar-refractivity contribution in [1.29, 1.82) is 0 Å². The van der Waals surface area contributed by atoms with Gasteiger partial charge in [0.05, 0.1) is 19.8 Å². The Morgan fingerprint density at radius 1 is 1.21 bits per heavy atom. The summed E-state index contributed by atoms with van der Waals surface area (Å²) in [5, 5.41) is 9.12. The predicted octanol–water partition coefficient (Wildman–Crippen LogP) is 6.41. The molecular formula is C23H31F3O3. The molecule has 0 aliphatic carbocycles. The van der Waals surface area contributed by atoms with Gasteiger partial charge in [-0.15, -0.1) is 6.58 Å². The lowest BCUT2D eigenvalue weighted by Gasteiger charge is -2.18. The monoisotopic (exact) mass is 412 g/mol. The van der Waals surface area contributed by atoms with E-state index in [0.29, 0.717) is 18.6 Å². The van der Waals surface area contributed by atoms with Crippen LogP contribution in [0.4, 0.5) is 13.2 Å². The lowest BCUT2D eigenvalue weighted by atomic mass is 10.0. The van der Waals surface area contributed by atoms with Crippen LogP contribution in [0.15, 0.2) is 61.2 Å². The van der Waals surface area contributed by atoms with E-state index in [9.17, 15) is 13.2 Å². The highest BCUT2D eigenvalue weighted by Crippen LogP contribution is 2.23. The van der Waals surface area contributed by atoms with Crippen LogP contribution in [-0.2, 0) is 15.9 Å². The second-order valence-electron chi connectivity index (χ2n) is 6.56. The van der Waals surface area contributed by atoms with Gasteiger partial charge >= 0.3 is 0 Å². The van der Waals surface area contributed by atoms with Gasteiger partial charge in [0, 0.05) is 5.92 Å². The summed E-state index contributed by atoms with van der Waals surface area (Å²) in [6.45, 7) is 16.4. The van der Waals surface area contributed by atoms with Crippen LogP contribution in [-0.4, -0.2) is 24.9 Å². The van der Waals surface area contributed by atoms with E-state index >= 15 is 0 Å². The Balaban J connectivity index is 0.00000245. The van der Waals surface area contributed by atoms with Crippen molar-refractivity contribution in [1.82, 2.24) is 0 Å². The molecule has 6 heteroatoms. The number of benzene rings is 1. The summed E-state index contributed by atoms with van der Waals surface area (Å²) < 4.78 is 51.1. The SMILES string of the molecule is C=C(OC)/C(F)=C\C(=C)C(C)COC(C)CCc1ccc(O)c(F)c1F.C=CC. The Bertz CT molecular complexity index is 726. The standard InChI is InChI=1S/C20H25F3O3.C3H6/c1-12(10-17(21)15(4)25-5)13(2)11-26-14(3)6-7-16-8-9-18(24)20(23)19(16)22;1-3-2/h8-10,13-14,24H,1,4,6-7,11H2,2-3,5H3;3H,1H2,2H3/b17-10+;. The van der Waals surface area contributed by atoms with Crippen LogP contribution in [0, 0.1) is 17.6 Å². The number of phenols is 1. The van der Waals surface area contributed by atoms with Crippen molar-refractivity contribution < 1.29 is 27.8 Å². The molecule has 1 rings (SSSR count). The van der Waals surface area contributed by atoms with E-state index in [-0.39, 0.29) is 29.8 Å². The molecule has 0 saturated heterocycles. The van der Waals surface area contributed by atoms with E-state index < -0.39 is 23.2 Å². The average molecular weight is 412 g/mol. The molecule has 2 atom stereocenters. The van der Waals surface area contributed by atoms with Crippen molar-refractivity contribution in [3.63, 3.8) is 0 Å². The van der Waals surface area contributed by atoms with Crippen molar-refractivity contribution in [3.05, 3.63) is 78.4 Å². The first-order chi connectivity index (χ1) is 13.6. The number of aryl methyl sites for hydroxylation is 1. The number of hydrogen-bond acceptors (Lipinski definition) is 3. The van der Waals surface area contributed by atoms with Crippen molar-refractivity contribution in [2.24, 2.45) is 5.92 Å². The Kier molecular flexibility index (Phi) is 12.5. The molecule has 1 aromatic carbocycles. The first kappa shape index (κ1) is 26.5. The molecule has 0 fully saturated rings. The first-order valence-corrected chi connectivity index (χ1v) is 9.22. The zero-order chi connectivity index (χ0) is 22.6. The highest BCUT2D eigenvalue weighted by atomic mass is 19.2. The third-order valence-electron chi connectivity index (χ3n) is 4.05. The van der Waals surface area contributed by atoms with E-state index in [0.717, 1.165) is 6.07 Å². The summed E-state index contributed by atoms with van der Waals surface area (Å²) in [7, 11) is 1.33. The molecule has 1 N–H and O–H groups in total. The second-order valence-corrected chi connectivity index (χ2v) is 6.56. The summed E-state index contributed by atoms with van der Waals surface area (Å²) in [5.74, 6) is -3.81. The topological polar surface area (TPSA) is 38.7 Å². The van der Waals surface area contributed by atoms with E-state index in [1.807, 2.05) is 20.8 Å². The maximum Gasteiger partial charge on any atom is 0.200 e. The summed E-state index contributed by atoms with van der Waals surface area (Å²) in [6, 6.07) is 2.47. The van der Waals surface area contributed by atoms with Gasteiger partial charge in [-0.3, -0.25) is 0 Å². The maximum absolute atomic E-state index is 13.7. The lowest BCUT2D eigenvalue weighted by Crippen LogP contribution is -2.16. The fourth-order valence-electron chi connectivity index (χ4n) is 2.11. The maximum atomic E-state index is 13.7. The number of aromatic hydroxyl groups is 1. The van der Waals surface area contributed by atoms with Crippen LogP contribution < -0.4 is 0 Å². The molecule has 29 heavy (non-hydrogen) atoms. The highest BCUT2D eigenvalue weighted by Gasteiger charge is 2.15. The number of allylic oxidation sites excluding steroid dienone is 3. The highest BCUT2D eigenvalue weighted by molar-refractivity contribution is 5.30. The molecule has 162 valence electrons. The third kappa shape index (κ3) is 9.52. The number of hydrogen-bond donors (Lipinski definition) is 1. The van der Waals surface area contributed by atoms with Crippen molar-refractivity contribution in [2.75, 3.05) is 13.7 Å². The van der Waals surface area contributed by atoms with Crippen LogP contribution in [0.5, 0.6) is 5.75 Å². The molecule has 0 aromatic heterocycles. The predicted molar refractivity (Wildman–Crippen MR) is 111 cm³/mol. The Morgan fingerprint density at radius 2 is 1.79 bits per heavy atom. The average Bonchev–Trinajstić information content (AvgIpc) is 2.69. The molecule has 0 aliphatic rings. The minimum absolute atomic E-state index is 0.0733. The van der Waals surface area contributed by atoms with Gasteiger partial charge in [-0.25, -0.2) is 8.78 Å². The van der Waals surface area contributed by atoms with Gasteiger partial charge in [-0.2, -0.15) is 4.39 Å². The normalized spacial score (nSPS) is 13.0. The molecule has 0 heterocycles. The number of ether oxygens (including phenoxy) is 2. The Labute approximate surface area is 171 Å². The number of rotatable bonds is 10. The van der Waals surface area contributed by atoms with E-state index in [1.165, 1.54) is 19.3 Å². The molecule has 0 bridgehead atoms. The molecule has 0 radical (unpaired) electrons. The van der Waals surface area contributed by atoms with E-state index in [2.05, 4.69) is 19.7 Å². The number of halogens is 3. The lowest BCUT2D eigenvalue weighted by molar-refractivity contribution is 0.0462. The van der Waals surface area contributed by atoms with Crippen LogP contribution in [0.25, 0.3) is 0 Å². The van der Waals surface area contributed by atoms with Gasteiger partial charge in [0.2, 0.25) is 5.82 Å². The van der Waals surface area contributed by atoms with Gasteiger partial charge in [-0.1, -0.05) is 32.2 Å². The quantitative estimate of drug-likeness (QED) is 0.274. The van der Waals surface area contributed by atoms with Crippen molar-refractivity contribution in [3.8, 4) is 5.75 Å².